The highest BCUT2D eigenvalue weighted by Crippen LogP contribution is 2.28. The van der Waals surface area contributed by atoms with Crippen molar-refractivity contribution in [1.29, 1.82) is 0 Å². The summed E-state index contributed by atoms with van der Waals surface area (Å²) in [5.74, 6) is -0.423. The van der Waals surface area contributed by atoms with E-state index in [2.05, 4.69) is 27.5 Å². The fourth-order valence-corrected chi connectivity index (χ4v) is 3.47. The predicted molar refractivity (Wildman–Crippen MR) is 98.4 cm³/mol. The van der Waals surface area contributed by atoms with Crippen LogP contribution in [0.3, 0.4) is 0 Å². The lowest BCUT2D eigenvalue weighted by molar-refractivity contribution is -0.136. The van der Waals surface area contributed by atoms with E-state index in [1.807, 2.05) is 30.3 Å². The summed E-state index contributed by atoms with van der Waals surface area (Å²) in [6.07, 6.45) is 1.06. The van der Waals surface area contributed by atoms with Crippen LogP contribution in [0.4, 0.5) is 4.79 Å². The highest BCUT2D eigenvalue weighted by molar-refractivity contribution is 5.95. The molecule has 0 spiro atoms. The first kappa shape index (κ1) is 18.4. The Balaban J connectivity index is 1.92. The van der Waals surface area contributed by atoms with Crippen molar-refractivity contribution >= 4 is 12.0 Å². The Morgan fingerprint density at radius 2 is 1.96 bits per heavy atom. The number of benzene rings is 1. The van der Waals surface area contributed by atoms with E-state index >= 15 is 0 Å². The molecule has 1 aromatic rings. The topological polar surface area (TPSA) is 73.9 Å². The van der Waals surface area contributed by atoms with Crippen molar-refractivity contribution in [3.8, 4) is 0 Å². The van der Waals surface area contributed by atoms with E-state index in [-0.39, 0.29) is 6.03 Å². The van der Waals surface area contributed by atoms with Gasteiger partial charge in [-0.2, -0.15) is 0 Å². The lowest BCUT2D eigenvalue weighted by Gasteiger charge is -2.31. The normalized spacial score (nSPS) is 22.4. The Hall–Kier alpha value is -2.38. The summed E-state index contributed by atoms with van der Waals surface area (Å²) < 4.78 is 5.02. The molecule has 0 aromatic heterocycles. The number of carbonyl (C=O) groups excluding carboxylic acids is 2. The number of amides is 2. The number of hydrogen-bond donors (Lipinski definition) is 2. The number of hydrogen-bond acceptors (Lipinski definition) is 5. The first-order valence-corrected chi connectivity index (χ1v) is 8.93. The molecular weight excluding hydrogens is 332 g/mol. The molecule has 3 rings (SSSR count). The van der Waals surface area contributed by atoms with Gasteiger partial charge < -0.3 is 20.3 Å². The summed E-state index contributed by atoms with van der Waals surface area (Å²) in [4.78, 5) is 29.3. The average Bonchev–Trinajstić information content (AvgIpc) is 2.85. The SMILES string of the molecule is COC(=O)C1=C(CN2CCCN(C)CC2)NC(=O)NC1c1ccccc1. The molecular formula is C19H26N4O3. The molecule has 1 atom stereocenters. The molecule has 1 fully saturated rings. The third-order valence-corrected chi connectivity index (χ3v) is 4.89. The minimum Gasteiger partial charge on any atom is -0.466 e. The molecule has 1 unspecified atom stereocenters. The molecule has 2 amide bonds. The summed E-state index contributed by atoms with van der Waals surface area (Å²) >= 11 is 0. The second-order valence-corrected chi connectivity index (χ2v) is 6.76. The number of nitrogens with one attached hydrogen (secondary N) is 2. The molecule has 26 heavy (non-hydrogen) atoms. The predicted octanol–water partition coefficient (Wildman–Crippen LogP) is 1.11. The summed E-state index contributed by atoms with van der Waals surface area (Å²) in [6.45, 7) is 4.37. The molecule has 7 nitrogen and oxygen atoms in total. The zero-order chi connectivity index (χ0) is 18.5. The van der Waals surface area contributed by atoms with Gasteiger partial charge in [-0.25, -0.2) is 9.59 Å². The molecule has 1 saturated heterocycles. The van der Waals surface area contributed by atoms with Crippen LogP contribution in [0.25, 0.3) is 0 Å². The van der Waals surface area contributed by atoms with Crippen molar-refractivity contribution in [2.24, 2.45) is 0 Å². The van der Waals surface area contributed by atoms with Crippen molar-refractivity contribution in [1.82, 2.24) is 20.4 Å². The van der Waals surface area contributed by atoms with Crippen molar-refractivity contribution in [2.45, 2.75) is 12.5 Å². The number of likely N-dealkylation sites (N-methyl/N-ethyl adjacent to an activating group) is 1. The van der Waals surface area contributed by atoms with Crippen molar-refractivity contribution in [3.63, 3.8) is 0 Å². The zero-order valence-electron chi connectivity index (χ0n) is 15.3. The van der Waals surface area contributed by atoms with Gasteiger partial charge in [0.2, 0.25) is 0 Å². The summed E-state index contributed by atoms with van der Waals surface area (Å²) in [6, 6.07) is 8.68. The Bertz CT molecular complexity index is 689. The van der Waals surface area contributed by atoms with Crippen molar-refractivity contribution in [2.75, 3.05) is 46.9 Å². The molecule has 0 aliphatic carbocycles. The van der Waals surface area contributed by atoms with Crippen molar-refractivity contribution < 1.29 is 14.3 Å². The number of rotatable bonds is 4. The molecule has 2 heterocycles. The molecule has 2 N–H and O–H groups in total. The number of urea groups is 1. The second-order valence-electron chi connectivity index (χ2n) is 6.76. The third-order valence-electron chi connectivity index (χ3n) is 4.89. The standard InChI is InChI=1S/C19H26N4O3/c1-22-9-6-10-23(12-11-22)13-15-16(18(24)26-2)17(21-19(25)20-15)14-7-4-3-5-8-14/h3-5,7-8,17H,6,9-13H2,1-2H3,(H2,20,21,25). The maximum absolute atomic E-state index is 12.5. The van der Waals surface area contributed by atoms with Crippen LogP contribution in [0.1, 0.15) is 18.0 Å². The van der Waals surface area contributed by atoms with Gasteiger partial charge in [0.05, 0.1) is 18.7 Å². The molecule has 2 aliphatic rings. The lowest BCUT2D eigenvalue weighted by Crippen LogP contribution is -2.48. The van der Waals surface area contributed by atoms with Gasteiger partial charge in [-0.3, -0.25) is 4.90 Å². The fourth-order valence-electron chi connectivity index (χ4n) is 3.47. The van der Waals surface area contributed by atoms with E-state index in [1.165, 1.54) is 7.11 Å². The quantitative estimate of drug-likeness (QED) is 0.789. The molecule has 140 valence electrons. The van der Waals surface area contributed by atoms with Gasteiger partial charge in [0.15, 0.2) is 0 Å². The first-order valence-electron chi connectivity index (χ1n) is 8.93. The van der Waals surface area contributed by atoms with E-state index in [0.29, 0.717) is 17.8 Å². The first-order chi connectivity index (χ1) is 12.6. The van der Waals surface area contributed by atoms with Gasteiger partial charge in [-0.1, -0.05) is 30.3 Å². The van der Waals surface area contributed by atoms with Crippen LogP contribution in [0.15, 0.2) is 41.6 Å². The van der Waals surface area contributed by atoms with E-state index < -0.39 is 12.0 Å². The number of carbonyl (C=O) groups is 2. The summed E-state index contributed by atoms with van der Waals surface area (Å²) in [5.41, 5.74) is 1.95. The smallest absolute Gasteiger partial charge is 0.338 e. The largest absolute Gasteiger partial charge is 0.466 e. The van der Waals surface area contributed by atoms with Crippen LogP contribution < -0.4 is 10.6 Å². The molecule has 0 bridgehead atoms. The highest BCUT2D eigenvalue weighted by atomic mass is 16.5. The average molecular weight is 358 g/mol. The number of methoxy groups -OCH3 is 1. The van der Waals surface area contributed by atoms with Crippen LogP contribution in [0.5, 0.6) is 0 Å². The van der Waals surface area contributed by atoms with Crippen LogP contribution in [0, 0.1) is 0 Å². The molecule has 1 aromatic carbocycles. The van der Waals surface area contributed by atoms with Gasteiger partial charge in [0.25, 0.3) is 0 Å². The van der Waals surface area contributed by atoms with Gasteiger partial charge in [-0.05, 0) is 32.1 Å². The Morgan fingerprint density at radius 1 is 1.19 bits per heavy atom. The number of ether oxygens (including phenoxy) is 1. The maximum Gasteiger partial charge on any atom is 0.338 e. The van der Waals surface area contributed by atoms with Gasteiger partial charge in [-0.15, -0.1) is 0 Å². The van der Waals surface area contributed by atoms with Crippen LogP contribution in [-0.2, 0) is 9.53 Å². The Morgan fingerprint density at radius 3 is 2.69 bits per heavy atom. The van der Waals surface area contributed by atoms with Crippen molar-refractivity contribution in [3.05, 3.63) is 47.2 Å². The van der Waals surface area contributed by atoms with E-state index in [0.717, 1.165) is 38.2 Å². The number of nitrogens with zero attached hydrogens (tertiary/aromatic N) is 2. The Kier molecular flexibility index (Phi) is 5.90. The summed E-state index contributed by atoms with van der Waals surface area (Å²) in [5, 5.41) is 5.68. The number of esters is 1. The van der Waals surface area contributed by atoms with Gasteiger partial charge in [0, 0.05) is 25.3 Å². The molecule has 2 aliphatic heterocycles. The van der Waals surface area contributed by atoms with E-state index in [1.54, 1.807) is 0 Å². The van der Waals surface area contributed by atoms with Gasteiger partial charge in [0.1, 0.15) is 0 Å². The van der Waals surface area contributed by atoms with E-state index in [9.17, 15) is 9.59 Å². The molecule has 0 radical (unpaired) electrons. The Labute approximate surface area is 154 Å². The zero-order valence-corrected chi connectivity index (χ0v) is 15.3. The van der Waals surface area contributed by atoms with Crippen LogP contribution in [-0.4, -0.2) is 68.7 Å². The summed E-state index contributed by atoms with van der Waals surface area (Å²) in [7, 11) is 3.48. The highest BCUT2D eigenvalue weighted by Gasteiger charge is 2.34. The lowest BCUT2D eigenvalue weighted by atomic mass is 9.95. The van der Waals surface area contributed by atoms with Gasteiger partial charge >= 0.3 is 12.0 Å². The molecule has 0 saturated carbocycles. The minimum atomic E-state index is -0.512. The minimum absolute atomic E-state index is 0.298. The fraction of sp³-hybridized carbons (Fsp3) is 0.474. The van der Waals surface area contributed by atoms with Crippen LogP contribution >= 0.6 is 0 Å². The molecule has 7 heteroatoms. The monoisotopic (exact) mass is 358 g/mol. The second kappa shape index (κ2) is 8.33. The maximum atomic E-state index is 12.5. The van der Waals surface area contributed by atoms with Crippen LogP contribution in [0.2, 0.25) is 0 Å². The third kappa shape index (κ3) is 4.23. The van der Waals surface area contributed by atoms with E-state index in [4.69, 9.17) is 4.74 Å².